The molecule has 0 fully saturated rings. The molecule has 1 unspecified atom stereocenters. The second-order valence-electron chi connectivity index (χ2n) is 3.93. The van der Waals surface area contributed by atoms with E-state index in [9.17, 15) is 0 Å². The van der Waals surface area contributed by atoms with Crippen LogP contribution in [0.15, 0.2) is 33.9 Å². The van der Waals surface area contributed by atoms with Crippen molar-refractivity contribution in [1.29, 1.82) is 0 Å². The summed E-state index contributed by atoms with van der Waals surface area (Å²) >= 11 is 3.45. The largest absolute Gasteiger partial charge is 0.409 e. The highest BCUT2D eigenvalue weighted by Gasteiger charge is 2.04. The molecule has 0 heterocycles. The molecule has 0 radical (unpaired) electrons. The standard InChI is InChI=1S/C12H18BrN3O/c1-9(10-4-2-5-11(13)8-10)15-7-3-6-12(14)16-17/h2,4-5,8-9,15,17H,3,6-7H2,1H3,(H2,14,16). The van der Waals surface area contributed by atoms with Crippen molar-refractivity contribution in [2.45, 2.75) is 25.8 Å². The second-order valence-corrected chi connectivity index (χ2v) is 4.84. The molecule has 1 atom stereocenters. The fraction of sp³-hybridized carbons (Fsp3) is 0.417. The number of amidine groups is 1. The molecule has 1 aromatic carbocycles. The molecule has 4 N–H and O–H groups in total. The van der Waals surface area contributed by atoms with Gasteiger partial charge in [0.05, 0.1) is 0 Å². The van der Waals surface area contributed by atoms with Crippen molar-refractivity contribution in [3.63, 3.8) is 0 Å². The number of benzene rings is 1. The number of halogens is 1. The quantitative estimate of drug-likeness (QED) is 0.249. The lowest BCUT2D eigenvalue weighted by molar-refractivity contribution is 0.316. The van der Waals surface area contributed by atoms with Gasteiger partial charge in [-0.15, -0.1) is 0 Å². The third-order valence-corrected chi connectivity index (χ3v) is 3.03. The first-order valence-electron chi connectivity index (χ1n) is 5.58. The normalized spacial score (nSPS) is 13.6. The van der Waals surface area contributed by atoms with Crippen LogP contribution in [0.3, 0.4) is 0 Å². The van der Waals surface area contributed by atoms with E-state index in [1.165, 1.54) is 5.56 Å². The van der Waals surface area contributed by atoms with Crippen LogP contribution in [-0.2, 0) is 0 Å². The van der Waals surface area contributed by atoms with Gasteiger partial charge in [-0.1, -0.05) is 33.2 Å². The van der Waals surface area contributed by atoms with Crippen LogP contribution < -0.4 is 11.1 Å². The number of nitrogens with two attached hydrogens (primary N) is 1. The molecule has 1 aromatic rings. The van der Waals surface area contributed by atoms with Crippen molar-refractivity contribution >= 4 is 21.8 Å². The molecule has 0 bridgehead atoms. The Morgan fingerprint density at radius 3 is 3.00 bits per heavy atom. The van der Waals surface area contributed by atoms with Gasteiger partial charge in [0, 0.05) is 16.9 Å². The van der Waals surface area contributed by atoms with Gasteiger partial charge in [0.1, 0.15) is 5.84 Å². The van der Waals surface area contributed by atoms with Crippen LogP contribution in [0.4, 0.5) is 0 Å². The van der Waals surface area contributed by atoms with Crippen LogP contribution in [0.2, 0.25) is 0 Å². The fourth-order valence-electron chi connectivity index (χ4n) is 1.53. The molecule has 0 aliphatic rings. The summed E-state index contributed by atoms with van der Waals surface area (Å²) in [4.78, 5) is 0. The topological polar surface area (TPSA) is 70.6 Å². The lowest BCUT2D eigenvalue weighted by atomic mass is 10.1. The maximum absolute atomic E-state index is 8.39. The van der Waals surface area contributed by atoms with E-state index in [0.29, 0.717) is 12.5 Å². The number of nitrogens with zero attached hydrogens (tertiary/aromatic N) is 1. The summed E-state index contributed by atoms with van der Waals surface area (Å²) < 4.78 is 1.08. The predicted octanol–water partition coefficient (Wildman–Crippen LogP) is 2.63. The van der Waals surface area contributed by atoms with Crippen molar-refractivity contribution in [1.82, 2.24) is 5.32 Å². The lowest BCUT2D eigenvalue weighted by Gasteiger charge is -2.14. The Labute approximate surface area is 110 Å². The summed E-state index contributed by atoms with van der Waals surface area (Å²) in [5.41, 5.74) is 6.63. The third kappa shape index (κ3) is 5.19. The summed E-state index contributed by atoms with van der Waals surface area (Å²) in [6, 6.07) is 8.51. The molecule has 0 saturated heterocycles. The van der Waals surface area contributed by atoms with Crippen molar-refractivity contribution in [2.24, 2.45) is 10.9 Å². The Morgan fingerprint density at radius 1 is 1.59 bits per heavy atom. The number of hydrogen-bond acceptors (Lipinski definition) is 3. The zero-order valence-electron chi connectivity index (χ0n) is 9.86. The molecule has 0 spiro atoms. The van der Waals surface area contributed by atoms with E-state index in [1.807, 2.05) is 12.1 Å². The fourth-order valence-corrected chi connectivity index (χ4v) is 1.95. The summed E-state index contributed by atoms with van der Waals surface area (Å²) in [6.07, 6.45) is 1.46. The number of hydrogen-bond donors (Lipinski definition) is 3. The van der Waals surface area contributed by atoms with Crippen molar-refractivity contribution < 1.29 is 5.21 Å². The van der Waals surface area contributed by atoms with Crippen LogP contribution in [0, 0.1) is 0 Å². The van der Waals surface area contributed by atoms with Crippen LogP contribution in [0.25, 0.3) is 0 Å². The highest BCUT2D eigenvalue weighted by atomic mass is 79.9. The SMILES string of the molecule is CC(NCCCC(N)=NO)c1cccc(Br)c1. The highest BCUT2D eigenvalue weighted by Crippen LogP contribution is 2.17. The van der Waals surface area contributed by atoms with Gasteiger partial charge in [-0.3, -0.25) is 0 Å². The van der Waals surface area contributed by atoms with Crippen molar-refractivity contribution in [3.8, 4) is 0 Å². The Morgan fingerprint density at radius 2 is 2.35 bits per heavy atom. The van der Waals surface area contributed by atoms with Gasteiger partial charge in [0.25, 0.3) is 0 Å². The van der Waals surface area contributed by atoms with Gasteiger partial charge < -0.3 is 16.3 Å². The van der Waals surface area contributed by atoms with Gasteiger partial charge >= 0.3 is 0 Å². The van der Waals surface area contributed by atoms with E-state index in [-0.39, 0.29) is 5.84 Å². The molecule has 0 amide bonds. The maximum atomic E-state index is 8.39. The van der Waals surface area contributed by atoms with Crippen LogP contribution in [0.5, 0.6) is 0 Å². The molecule has 17 heavy (non-hydrogen) atoms. The van der Waals surface area contributed by atoms with E-state index >= 15 is 0 Å². The second kappa shape index (κ2) is 7.29. The van der Waals surface area contributed by atoms with Gasteiger partial charge in [0.15, 0.2) is 0 Å². The number of nitrogens with one attached hydrogen (secondary N) is 1. The molecule has 4 nitrogen and oxygen atoms in total. The summed E-state index contributed by atoms with van der Waals surface area (Å²) in [5.74, 6) is 0.280. The molecule has 5 heteroatoms. The van der Waals surface area contributed by atoms with Gasteiger partial charge in [-0.05, 0) is 37.6 Å². The summed E-state index contributed by atoms with van der Waals surface area (Å²) in [6.45, 7) is 2.95. The minimum absolute atomic E-state index is 0.280. The smallest absolute Gasteiger partial charge is 0.139 e. The number of oxime groups is 1. The first-order valence-corrected chi connectivity index (χ1v) is 6.38. The van der Waals surface area contributed by atoms with E-state index in [2.05, 4.69) is 45.5 Å². The van der Waals surface area contributed by atoms with Gasteiger partial charge in [-0.2, -0.15) is 0 Å². The van der Waals surface area contributed by atoms with E-state index < -0.39 is 0 Å². The summed E-state index contributed by atoms with van der Waals surface area (Å²) in [5, 5.41) is 14.7. The summed E-state index contributed by atoms with van der Waals surface area (Å²) in [7, 11) is 0. The monoisotopic (exact) mass is 299 g/mol. The molecule has 94 valence electrons. The maximum Gasteiger partial charge on any atom is 0.139 e. The van der Waals surface area contributed by atoms with Crippen LogP contribution in [-0.4, -0.2) is 17.6 Å². The minimum Gasteiger partial charge on any atom is -0.409 e. The third-order valence-electron chi connectivity index (χ3n) is 2.54. The zero-order chi connectivity index (χ0) is 12.7. The molecule has 1 rings (SSSR count). The molecule has 0 aliphatic heterocycles. The highest BCUT2D eigenvalue weighted by molar-refractivity contribution is 9.10. The average molecular weight is 300 g/mol. The molecule has 0 aromatic heterocycles. The van der Waals surface area contributed by atoms with Gasteiger partial charge in [-0.25, -0.2) is 0 Å². The molecular weight excluding hydrogens is 282 g/mol. The minimum atomic E-state index is 0.280. The van der Waals surface area contributed by atoms with Crippen molar-refractivity contribution in [3.05, 3.63) is 34.3 Å². The van der Waals surface area contributed by atoms with E-state index in [4.69, 9.17) is 10.9 Å². The predicted molar refractivity (Wildman–Crippen MR) is 73.2 cm³/mol. The Balaban J connectivity index is 2.32. The van der Waals surface area contributed by atoms with E-state index in [1.54, 1.807) is 0 Å². The lowest BCUT2D eigenvalue weighted by Crippen LogP contribution is -2.21. The van der Waals surface area contributed by atoms with Crippen LogP contribution in [0.1, 0.15) is 31.4 Å². The molecule has 0 aliphatic carbocycles. The first-order chi connectivity index (χ1) is 8.13. The van der Waals surface area contributed by atoms with Crippen molar-refractivity contribution in [2.75, 3.05) is 6.54 Å². The van der Waals surface area contributed by atoms with Crippen LogP contribution >= 0.6 is 15.9 Å². The average Bonchev–Trinajstić information content (AvgIpc) is 2.34. The molecule has 0 saturated carbocycles. The zero-order valence-corrected chi connectivity index (χ0v) is 11.4. The van der Waals surface area contributed by atoms with E-state index in [0.717, 1.165) is 17.4 Å². The Kier molecular flexibility index (Phi) is 6.00. The van der Waals surface area contributed by atoms with Gasteiger partial charge in [0.2, 0.25) is 0 Å². The Bertz CT molecular complexity index is 382. The first kappa shape index (κ1) is 14.0. The molecular formula is C12H18BrN3O. The number of rotatable bonds is 6. The Hall–Kier alpha value is -1.07.